The van der Waals surface area contributed by atoms with Gasteiger partial charge in [-0.25, -0.2) is 4.98 Å². The van der Waals surface area contributed by atoms with Crippen LogP contribution in [-0.2, 0) is 0 Å². The van der Waals surface area contributed by atoms with Gasteiger partial charge < -0.3 is 10.1 Å². The number of hydrogen-bond acceptors (Lipinski definition) is 2. The van der Waals surface area contributed by atoms with Gasteiger partial charge >= 0.3 is 0 Å². The Hall–Kier alpha value is -1.29. The maximum Gasteiger partial charge on any atom is 0.130 e. The van der Waals surface area contributed by atoms with Crippen LogP contribution in [0.3, 0.4) is 0 Å². The number of hydrogen-bond donors (Lipinski definition) is 2. The largest absolute Gasteiger partial charge is 0.507 e. The van der Waals surface area contributed by atoms with Crippen LogP contribution in [0.2, 0.25) is 0 Å². The van der Waals surface area contributed by atoms with E-state index < -0.39 is 0 Å². The molecule has 66 valence electrons. The first kappa shape index (κ1) is 8.31. The highest BCUT2D eigenvalue weighted by atomic mass is 79.9. The summed E-state index contributed by atoms with van der Waals surface area (Å²) in [5, 5.41) is 9.42. The van der Waals surface area contributed by atoms with E-state index >= 15 is 0 Å². The Labute approximate surface area is 83.6 Å². The van der Waals surface area contributed by atoms with Gasteiger partial charge in [0, 0.05) is 5.56 Å². The molecule has 0 fully saturated rings. The molecular formula is C9H7BrN2O. The lowest BCUT2D eigenvalue weighted by atomic mass is 10.1. The van der Waals surface area contributed by atoms with Crippen molar-refractivity contribution in [3.05, 3.63) is 35.2 Å². The van der Waals surface area contributed by atoms with Gasteiger partial charge in [-0.15, -0.1) is 0 Å². The van der Waals surface area contributed by atoms with E-state index in [1.807, 2.05) is 6.07 Å². The third-order valence-electron chi connectivity index (χ3n) is 1.77. The molecule has 2 N–H and O–H groups in total. The molecule has 0 aliphatic heterocycles. The molecule has 0 aliphatic rings. The van der Waals surface area contributed by atoms with E-state index in [2.05, 4.69) is 25.9 Å². The molecule has 0 unspecified atom stereocenters. The van der Waals surface area contributed by atoms with Crippen LogP contribution in [-0.4, -0.2) is 15.1 Å². The average Bonchev–Trinajstić information content (AvgIpc) is 2.62. The molecule has 0 aliphatic carbocycles. The van der Waals surface area contributed by atoms with Crippen molar-refractivity contribution < 1.29 is 5.11 Å². The van der Waals surface area contributed by atoms with E-state index in [0.717, 1.165) is 11.3 Å². The summed E-state index contributed by atoms with van der Waals surface area (Å²) >= 11 is 3.30. The molecule has 2 rings (SSSR count). The highest BCUT2D eigenvalue weighted by Crippen LogP contribution is 2.33. The van der Waals surface area contributed by atoms with Crippen molar-refractivity contribution in [1.29, 1.82) is 0 Å². The van der Waals surface area contributed by atoms with E-state index in [0.29, 0.717) is 4.47 Å². The summed E-state index contributed by atoms with van der Waals surface area (Å²) in [6.45, 7) is 0. The zero-order chi connectivity index (χ0) is 9.26. The topological polar surface area (TPSA) is 48.9 Å². The van der Waals surface area contributed by atoms with Crippen LogP contribution in [0.25, 0.3) is 11.3 Å². The molecule has 0 amide bonds. The van der Waals surface area contributed by atoms with Crippen LogP contribution >= 0.6 is 15.9 Å². The van der Waals surface area contributed by atoms with E-state index in [-0.39, 0.29) is 5.75 Å². The minimum absolute atomic E-state index is 0.229. The second-order valence-corrected chi connectivity index (χ2v) is 3.40. The monoisotopic (exact) mass is 238 g/mol. The Kier molecular flexibility index (Phi) is 2.06. The van der Waals surface area contributed by atoms with Crippen LogP contribution in [0.15, 0.2) is 35.2 Å². The van der Waals surface area contributed by atoms with Crippen molar-refractivity contribution in [3.8, 4) is 17.0 Å². The molecule has 0 bridgehead atoms. The second kappa shape index (κ2) is 3.22. The van der Waals surface area contributed by atoms with Crippen molar-refractivity contribution in [1.82, 2.24) is 9.97 Å². The number of H-pyrrole nitrogens is 1. The summed E-state index contributed by atoms with van der Waals surface area (Å²) in [7, 11) is 0. The standard InChI is InChI=1S/C9H7BrN2O/c10-9-6(2-1-3-8(9)13)7-4-11-5-12-7/h1-5,13H,(H,11,12). The number of nitrogens with zero attached hydrogens (tertiary/aromatic N) is 1. The Morgan fingerprint density at radius 2 is 2.23 bits per heavy atom. The highest BCUT2D eigenvalue weighted by molar-refractivity contribution is 9.10. The summed E-state index contributed by atoms with van der Waals surface area (Å²) in [4.78, 5) is 6.88. The van der Waals surface area contributed by atoms with Crippen molar-refractivity contribution in [2.24, 2.45) is 0 Å². The Morgan fingerprint density at radius 1 is 1.38 bits per heavy atom. The van der Waals surface area contributed by atoms with E-state index in [1.54, 1.807) is 24.7 Å². The van der Waals surface area contributed by atoms with E-state index in [4.69, 9.17) is 0 Å². The molecule has 3 nitrogen and oxygen atoms in total. The summed E-state index contributed by atoms with van der Waals surface area (Å²) < 4.78 is 0.680. The second-order valence-electron chi connectivity index (χ2n) is 2.60. The first-order chi connectivity index (χ1) is 6.29. The maximum atomic E-state index is 9.42. The molecule has 13 heavy (non-hydrogen) atoms. The lowest BCUT2D eigenvalue weighted by molar-refractivity contribution is 0.472. The summed E-state index contributed by atoms with van der Waals surface area (Å²) in [6.07, 6.45) is 3.31. The first-order valence-corrected chi connectivity index (χ1v) is 4.54. The van der Waals surface area contributed by atoms with Crippen molar-refractivity contribution in [2.45, 2.75) is 0 Å². The van der Waals surface area contributed by atoms with Gasteiger partial charge in [-0.2, -0.15) is 0 Å². The lowest BCUT2D eigenvalue weighted by Gasteiger charge is -2.02. The predicted octanol–water partition coefficient (Wildman–Crippen LogP) is 2.54. The molecule has 0 atom stereocenters. The maximum absolute atomic E-state index is 9.42. The van der Waals surface area contributed by atoms with Gasteiger partial charge in [-0.1, -0.05) is 12.1 Å². The quantitative estimate of drug-likeness (QED) is 0.803. The van der Waals surface area contributed by atoms with E-state index in [9.17, 15) is 5.11 Å². The third kappa shape index (κ3) is 1.45. The van der Waals surface area contributed by atoms with Crippen LogP contribution in [0.5, 0.6) is 5.75 Å². The Bertz CT molecular complexity index is 412. The molecule has 4 heteroatoms. The molecule has 0 saturated heterocycles. The first-order valence-electron chi connectivity index (χ1n) is 3.75. The molecular weight excluding hydrogens is 232 g/mol. The molecule has 0 spiro atoms. The smallest absolute Gasteiger partial charge is 0.130 e. The molecule has 1 aromatic heterocycles. The fourth-order valence-corrected chi connectivity index (χ4v) is 1.61. The van der Waals surface area contributed by atoms with Crippen LogP contribution in [0.1, 0.15) is 0 Å². The average molecular weight is 239 g/mol. The van der Waals surface area contributed by atoms with Gasteiger partial charge in [0.2, 0.25) is 0 Å². The zero-order valence-electron chi connectivity index (χ0n) is 6.66. The number of phenolic OH excluding ortho intramolecular Hbond substituents is 1. The van der Waals surface area contributed by atoms with Gasteiger partial charge in [-0.3, -0.25) is 0 Å². The van der Waals surface area contributed by atoms with Crippen LogP contribution in [0, 0.1) is 0 Å². The fraction of sp³-hybridized carbons (Fsp3) is 0. The number of imidazole rings is 1. The molecule has 2 aromatic rings. The zero-order valence-corrected chi connectivity index (χ0v) is 8.25. The number of nitrogens with one attached hydrogen (secondary N) is 1. The lowest BCUT2D eigenvalue weighted by Crippen LogP contribution is -1.79. The normalized spacial score (nSPS) is 10.2. The van der Waals surface area contributed by atoms with Crippen molar-refractivity contribution >= 4 is 15.9 Å². The molecule has 1 heterocycles. The minimum Gasteiger partial charge on any atom is -0.507 e. The van der Waals surface area contributed by atoms with E-state index in [1.165, 1.54) is 0 Å². The van der Waals surface area contributed by atoms with Gasteiger partial charge in [-0.05, 0) is 22.0 Å². The number of rotatable bonds is 1. The number of aromatic amines is 1. The van der Waals surface area contributed by atoms with Gasteiger partial charge in [0.25, 0.3) is 0 Å². The number of aromatic hydroxyl groups is 1. The summed E-state index contributed by atoms with van der Waals surface area (Å²) in [5.74, 6) is 0.229. The summed E-state index contributed by atoms with van der Waals surface area (Å²) in [6, 6.07) is 5.32. The fourth-order valence-electron chi connectivity index (χ4n) is 1.13. The molecule has 0 saturated carbocycles. The third-order valence-corrected chi connectivity index (χ3v) is 2.60. The SMILES string of the molecule is Oc1cccc(-c2cnc[nH]2)c1Br. The number of halogens is 1. The van der Waals surface area contributed by atoms with Crippen molar-refractivity contribution in [3.63, 3.8) is 0 Å². The number of benzene rings is 1. The Morgan fingerprint density at radius 3 is 2.92 bits per heavy atom. The predicted molar refractivity (Wildman–Crippen MR) is 53.4 cm³/mol. The molecule has 0 radical (unpaired) electrons. The van der Waals surface area contributed by atoms with Crippen molar-refractivity contribution in [2.75, 3.05) is 0 Å². The van der Waals surface area contributed by atoms with Crippen LogP contribution in [0.4, 0.5) is 0 Å². The highest BCUT2D eigenvalue weighted by Gasteiger charge is 2.06. The van der Waals surface area contributed by atoms with Gasteiger partial charge in [0.15, 0.2) is 0 Å². The number of aromatic nitrogens is 2. The minimum atomic E-state index is 0.229. The van der Waals surface area contributed by atoms with Crippen LogP contribution < -0.4 is 0 Å². The molecule has 1 aromatic carbocycles. The number of phenols is 1. The van der Waals surface area contributed by atoms with Gasteiger partial charge in [0.05, 0.1) is 22.7 Å². The Balaban J connectivity index is 2.59. The van der Waals surface area contributed by atoms with Gasteiger partial charge in [0.1, 0.15) is 5.75 Å². The summed E-state index contributed by atoms with van der Waals surface area (Å²) in [5.41, 5.74) is 1.78.